The highest BCUT2D eigenvalue weighted by Crippen LogP contribution is 2.30. The summed E-state index contributed by atoms with van der Waals surface area (Å²) in [4.78, 5) is 6.45. The molecule has 0 amide bonds. The molecule has 1 aliphatic rings. The van der Waals surface area contributed by atoms with Gasteiger partial charge in [0.25, 0.3) is 0 Å². The molecule has 0 saturated carbocycles. The number of hydrogen-bond acceptors (Lipinski definition) is 4. The van der Waals surface area contributed by atoms with E-state index in [1.54, 1.807) is 12.4 Å². The normalized spacial score (nSPS) is 25.8. The number of nitrogens with zero attached hydrogens (tertiary/aromatic N) is 2. The van der Waals surface area contributed by atoms with Crippen LogP contribution in [-0.2, 0) is 6.61 Å². The van der Waals surface area contributed by atoms with Crippen molar-refractivity contribution in [2.45, 2.75) is 31.7 Å². The first kappa shape index (κ1) is 11.7. The maximum Gasteiger partial charge on any atom is 0.0717 e. The molecule has 1 aromatic rings. The minimum Gasteiger partial charge on any atom is -0.392 e. The maximum absolute atomic E-state index is 9.33. The molecule has 1 aromatic heterocycles. The van der Waals surface area contributed by atoms with Crippen LogP contribution in [0.3, 0.4) is 0 Å². The van der Waals surface area contributed by atoms with Gasteiger partial charge in [0.2, 0.25) is 0 Å². The predicted molar refractivity (Wildman–Crippen MR) is 68.9 cm³/mol. The summed E-state index contributed by atoms with van der Waals surface area (Å²) >= 11 is 2.02. The minimum absolute atomic E-state index is 0.0634. The summed E-state index contributed by atoms with van der Waals surface area (Å²) in [5, 5.41) is 9.96. The summed E-state index contributed by atoms with van der Waals surface area (Å²) in [5.74, 6) is 1.15. The molecule has 0 aromatic carbocycles. The lowest BCUT2D eigenvalue weighted by atomic mass is 10.1. The Kier molecular flexibility index (Phi) is 3.71. The first-order chi connectivity index (χ1) is 7.74. The molecule has 0 aliphatic carbocycles. The van der Waals surface area contributed by atoms with E-state index in [1.807, 2.05) is 17.8 Å². The lowest BCUT2D eigenvalue weighted by molar-refractivity contribution is 0.281. The molecule has 2 unspecified atom stereocenters. The van der Waals surface area contributed by atoms with Crippen molar-refractivity contribution in [3.8, 4) is 0 Å². The molecule has 2 rings (SSSR count). The molecule has 0 spiro atoms. The average molecular weight is 238 g/mol. The fourth-order valence-electron chi connectivity index (χ4n) is 2.09. The second kappa shape index (κ2) is 5.06. The largest absolute Gasteiger partial charge is 0.392 e. The van der Waals surface area contributed by atoms with E-state index in [1.165, 1.54) is 0 Å². The van der Waals surface area contributed by atoms with Crippen molar-refractivity contribution in [3.63, 3.8) is 0 Å². The van der Waals surface area contributed by atoms with E-state index in [2.05, 4.69) is 23.7 Å². The van der Waals surface area contributed by atoms with Crippen molar-refractivity contribution < 1.29 is 5.11 Å². The summed E-state index contributed by atoms with van der Waals surface area (Å²) < 4.78 is 0. The van der Waals surface area contributed by atoms with Crippen LogP contribution in [0.5, 0.6) is 0 Å². The van der Waals surface area contributed by atoms with Gasteiger partial charge in [0.1, 0.15) is 0 Å². The second-order valence-corrected chi connectivity index (χ2v) is 5.66. The number of anilines is 1. The fourth-order valence-corrected chi connectivity index (χ4v) is 3.19. The van der Waals surface area contributed by atoms with Gasteiger partial charge in [0.15, 0.2) is 0 Å². The van der Waals surface area contributed by atoms with Gasteiger partial charge in [-0.2, -0.15) is 11.8 Å². The SMILES string of the molecule is CC1SCCN(c2ccncc2CO)C1C. The summed E-state index contributed by atoms with van der Waals surface area (Å²) in [6, 6.07) is 2.51. The van der Waals surface area contributed by atoms with Crippen molar-refractivity contribution in [2.75, 3.05) is 17.2 Å². The van der Waals surface area contributed by atoms with Crippen LogP contribution in [0.1, 0.15) is 19.4 Å². The summed E-state index contributed by atoms with van der Waals surface area (Å²) in [7, 11) is 0. The highest BCUT2D eigenvalue weighted by molar-refractivity contribution is 8.00. The van der Waals surface area contributed by atoms with Crippen molar-refractivity contribution in [2.24, 2.45) is 0 Å². The minimum atomic E-state index is 0.0634. The molecule has 1 aliphatic heterocycles. The lowest BCUT2D eigenvalue weighted by Crippen LogP contribution is -2.45. The van der Waals surface area contributed by atoms with Gasteiger partial charge < -0.3 is 10.0 Å². The number of thioether (sulfide) groups is 1. The molecular weight excluding hydrogens is 220 g/mol. The number of pyridine rings is 1. The Morgan fingerprint density at radius 2 is 2.38 bits per heavy atom. The van der Waals surface area contributed by atoms with Crippen LogP contribution in [-0.4, -0.2) is 33.7 Å². The zero-order valence-electron chi connectivity index (χ0n) is 9.76. The first-order valence-corrected chi connectivity index (χ1v) is 6.71. The van der Waals surface area contributed by atoms with Crippen molar-refractivity contribution in [1.82, 2.24) is 4.98 Å². The zero-order chi connectivity index (χ0) is 11.5. The van der Waals surface area contributed by atoms with Crippen molar-refractivity contribution in [3.05, 3.63) is 24.0 Å². The van der Waals surface area contributed by atoms with E-state index in [-0.39, 0.29) is 6.61 Å². The van der Waals surface area contributed by atoms with Crippen LogP contribution >= 0.6 is 11.8 Å². The van der Waals surface area contributed by atoms with Gasteiger partial charge in [0, 0.05) is 47.2 Å². The molecule has 2 atom stereocenters. The van der Waals surface area contributed by atoms with Crippen LogP contribution in [0.2, 0.25) is 0 Å². The molecule has 1 saturated heterocycles. The van der Waals surface area contributed by atoms with Crippen LogP contribution in [0, 0.1) is 0 Å². The van der Waals surface area contributed by atoms with Gasteiger partial charge in [-0.3, -0.25) is 4.98 Å². The molecule has 0 radical (unpaired) electrons. The summed E-state index contributed by atoms with van der Waals surface area (Å²) in [5.41, 5.74) is 2.06. The number of aromatic nitrogens is 1. The standard InChI is InChI=1S/C12H18N2OS/c1-9-10(2)16-6-5-14(9)12-3-4-13-7-11(12)8-15/h3-4,7,9-10,15H,5-6,8H2,1-2H3. The highest BCUT2D eigenvalue weighted by Gasteiger charge is 2.26. The molecule has 3 nitrogen and oxygen atoms in total. The summed E-state index contributed by atoms with van der Waals surface area (Å²) in [6.45, 7) is 5.63. The zero-order valence-corrected chi connectivity index (χ0v) is 10.6. The number of aliphatic hydroxyl groups excluding tert-OH is 1. The van der Waals surface area contributed by atoms with E-state index >= 15 is 0 Å². The Bertz CT molecular complexity index is 359. The smallest absolute Gasteiger partial charge is 0.0717 e. The monoisotopic (exact) mass is 238 g/mol. The van der Waals surface area contributed by atoms with E-state index in [0.717, 1.165) is 23.5 Å². The Morgan fingerprint density at radius 1 is 1.56 bits per heavy atom. The molecule has 16 heavy (non-hydrogen) atoms. The van der Waals surface area contributed by atoms with Crippen LogP contribution in [0.4, 0.5) is 5.69 Å². The van der Waals surface area contributed by atoms with Gasteiger partial charge in [-0.15, -0.1) is 0 Å². The first-order valence-electron chi connectivity index (χ1n) is 5.66. The van der Waals surface area contributed by atoms with Crippen molar-refractivity contribution in [1.29, 1.82) is 0 Å². The van der Waals surface area contributed by atoms with E-state index in [0.29, 0.717) is 11.3 Å². The van der Waals surface area contributed by atoms with Crippen LogP contribution in [0.25, 0.3) is 0 Å². The molecule has 4 heteroatoms. The molecule has 1 N–H and O–H groups in total. The molecular formula is C12H18N2OS. The number of hydrogen-bond donors (Lipinski definition) is 1. The Labute approximate surface area is 101 Å². The third-order valence-electron chi connectivity index (χ3n) is 3.24. The van der Waals surface area contributed by atoms with E-state index < -0.39 is 0 Å². The van der Waals surface area contributed by atoms with Gasteiger partial charge in [-0.05, 0) is 13.0 Å². The Hall–Kier alpha value is -0.740. The Morgan fingerprint density at radius 3 is 3.12 bits per heavy atom. The second-order valence-electron chi connectivity index (χ2n) is 4.17. The molecule has 2 heterocycles. The number of aliphatic hydroxyl groups is 1. The van der Waals surface area contributed by atoms with Gasteiger partial charge in [-0.25, -0.2) is 0 Å². The highest BCUT2D eigenvalue weighted by atomic mass is 32.2. The van der Waals surface area contributed by atoms with E-state index in [4.69, 9.17) is 0 Å². The quantitative estimate of drug-likeness (QED) is 0.854. The predicted octanol–water partition coefficient (Wildman–Crippen LogP) is 1.90. The molecule has 0 bridgehead atoms. The molecule has 1 fully saturated rings. The lowest BCUT2D eigenvalue weighted by Gasteiger charge is -2.40. The molecule has 88 valence electrons. The maximum atomic E-state index is 9.33. The Balaban J connectivity index is 2.28. The topological polar surface area (TPSA) is 36.4 Å². The fraction of sp³-hybridized carbons (Fsp3) is 0.583. The van der Waals surface area contributed by atoms with Crippen molar-refractivity contribution >= 4 is 17.4 Å². The van der Waals surface area contributed by atoms with Crippen LogP contribution in [0.15, 0.2) is 18.5 Å². The third-order valence-corrected chi connectivity index (χ3v) is 4.58. The third kappa shape index (κ3) is 2.18. The average Bonchev–Trinajstić information content (AvgIpc) is 2.33. The van der Waals surface area contributed by atoms with Gasteiger partial charge in [0.05, 0.1) is 6.61 Å². The van der Waals surface area contributed by atoms with Gasteiger partial charge in [-0.1, -0.05) is 6.92 Å². The van der Waals surface area contributed by atoms with Gasteiger partial charge >= 0.3 is 0 Å². The van der Waals surface area contributed by atoms with E-state index in [9.17, 15) is 5.11 Å². The summed E-state index contributed by atoms with van der Waals surface area (Å²) in [6.07, 6.45) is 3.56. The van der Waals surface area contributed by atoms with Crippen LogP contribution < -0.4 is 4.90 Å². The number of rotatable bonds is 2.